The number of esters is 1. The summed E-state index contributed by atoms with van der Waals surface area (Å²) in [5.41, 5.74) is -8.54. The molecule has 15 nitrogen and oxygen atoms in total. The molecule has 1 atom stereocenters. The Morgan fingerprint density at radius 3 is 1.35 bits per heavy atom. The van der Waals surface area contributed by atoms with Gasteiger partial charge in [0.05, 0.1) is 50.6 Å². The number of anilines is 1. The molecule has 0 bridgehead atoms. The quantitative estimate of drug-likeness (QED) is 0.0404. The maximum atomic E-state index is 14.1. The summed E-state index contributed by atoms with van der Waals surface area (Å²) in [5.74, 6) is -8.26. The van der Waals surface area contributed by atoms with Crippen LogP contribution in [0.4, 0.5) is 5.69 Å². The van der Waals surface area contributed by atoms with Crippen LogP contribution in [0.1, 0.15) is 45.0 Å². The van der Waals surface area contributed by atoms with Crippen LogP contribution < -0.4 is 5.73 Å². The standard InChI is InChI=1S/C30H42O12.C7H7NO2/c1-17(2)22(35)29(40,23(36)18(3)4)28(14-34,16-41-15-27(11-31,12-32)13-33)30(24(37)19(5)6,25(38)20(7)8)42-26(39)21(9)10;8-6-4-2-1-3-5(6)7(9)10/h31-34,40H,1,3,5,7,9,11-16H2,2,4,6,8,10H3;1-4H,8H2,(H,9,10). The minimum absolute atomic E-state index is 0.155. The lowest BCUT2D eigenvalue weighted by molar-refractivity contribution is -0.230. The number of aliphatic hydroxyl groups is 5. The Kier molecular flexibility index (Phi) is 17.3. The number of para-hydroxylation sites is 1. The summed E-state index contributed by atoms with van der Waals surface area (Å²) in [5, 5.41) is 61.1. The third kappa shape index (κ3) is 9.30. The van der Waals surface area contributed by atoms with Crippen molar-refractivity contribution >= 4 is 40.8 Å². The van der Waals surface area contributed by atoms with E-state index < -0.39 is 119 Å². The minimum Gasteiger partial charge on any atom is -0.478 e. The van der Waals surface area contributed by atoms with Crippen molar-refractivity contribution < 1.29 is 68.9 Å². The zero-order valence-corrected chi connectivity index (χ0v) is 30.1. The van der Waals surface area contributed by atoms with Gasteiger partial charge in [-0.05, 0) is 69.0 Å². The van der Waals surface area contributed by atoms with E-state index in [1.807, 2.05) is 0 Å². The number of hydrogen-bond acceptors (Lipinski definition) is 14. The second-order valence-corrected chi connectivity index (χ2v) is 12.6. The SMILES string of the molecule is C=C(C)C(=O)OC(C(=O)C(=C)C)(C(=O)C(=C)C)C(CO)(COCC(CO)(CO)CO)C(O)(C(=O)C(=C)C)C(=O)C(=C)C.Nc1ccccc1C(=O)O. The molecule has 286 valence electrons. The molecular weight excluding hydrogens is 682 g/mol. The summed E-state index contributed by atoms with van der Waals surface area (Å²) in [6.07, 6.45) is 0. The third-order valence-corrected chi connectivity index (χ3v) is 8.03. The van der Waals surface area contributed by atoms with Crippen LogP contribution in [0, 0.1) is 10.8 Å². The molecule has 1 aromatic rings. The number of nitrogen functional groups attached to an aromatic ring is 1. The summed E-state index contributed by atoms with van der Waals surface area (Å²) in [4.78, 5) is 79.2. The number of carbonyl (C=O) groups is 6. The monoisotopic (exact) mass is 731 g/mol. The molecule has 15 heteroatoms. The van der Waals surface area contributed by atoms with Gasteiger partial charge >= 0.3 is 11.9 Å². The lowest BCUT2D eigenvalue weighted by atomic mass is 9.54. The molecule has 1 unspecified atom stereocenters. The Hall–Kier alpha value is -4.90. The first-order valence-corrected chi connectivity index (χ1v) is 15.4. The maximum Gasteiger partial charge on any atom is 0.337 e. The fourth-order valence-electron chi connectivity index (χ4n) is 4.86. The van der Waals surface area contributed by atoms with E-state index in [9.17, 15) is 54.3 Å². The Labute approximate surface area is 302 Å². The smallest absolute Gasteiger partial charge is 0.337 e. The van der Waals surface area contributed by atoms with Gasteiger partial charge in [0, 0.05) is 11.3 Å². The first kappa shape index (κ1) is 47.1. The van der Waals surface area contributed by atoms with Crippen LogP contribution in [0.15, 0.2) is 85.0 Å². The number of aliphatic hydroxyl groups excluding tert-OH is 4. The molecule has 52 heavy (non-hydrogen) atoms. The van der Waals surface area contributed by atoms with Crippen molar-refractivity contribution in [3.63, 3.8) is 0 Å². The number of rotatable bonds is 21. The number of carboxylic acid groups (broad SMARTS) is 1. The molecule has 0 aromatic heterocycles. The second-order valence-electron chi connectivity index (χ2n) is 12.6. The summed E-state index contributed by atoms with van der Waals surface area (Å²) in [6, 6.07) is 6.36. The van der Waals surface area contributed by atoms with Gasteiger partial charge in [-0.2, -0.15) is 0 Å². The average Bonchev–Trinajstić information content (AvgIpc) is 3.09. The number of ether oxygens (including phenoxy) is 2. The van der Waals surface area contributed by atoms with E-state index in [1.165, 1.54) is 6.07 Å². The number of Topliss-reactive ketones (excluding diaryl/α,β-unsaturated/α-hetero) is 4. The molecule has 0 aliphatic rings. The normalized spacial score (nSPS) is 12.6. The molecule has 0 saturated carbocycles. The topological polar surface area (TPSA) is 268 Å². The molecule has 0 radical (unpaired) electrons. The number of carbonyl (C=O) groups excluding carboxylic acids is 5. The summed E-state index contributed by atoms with van der Waals surface area (Å²) < 4.78 is 11.1. The highest BCUT2D eigenvalue weighted by atomic mass is 16.6. The summed E-state index contributed by atoms with van der Waals surface area (Å²) >= 11 is 0. The molecular formula is C37H49NO14. The van der Waals surface area contributed by atoms with Crippen LogP contribution in [0.5, 0.6) is 0 Å². The molecule has 0 fully saturated rings. The summed E-state index contributed by atoms with van der Waals surface area (Å²) in [6.45, 7) is 16.7. The van der Waals surface area contributed by atoms with Crippen molar-refractivity contribution in [2.45, 2.75) is 45.8 Å². The van der Waals surface area contributed by atoms with E-state index in [2.05, 4.69) is 32.9 Å². The van der Waals surface area contributed by atoms with Crippen LogP contribution in [0.25, 0.3) is 0 Å². The first-order valence-electron chi connectivity index (χ1n) is 15.4. The first-order chi connectivity index (χ1) is 23.9. The summed E-state index contributed by atoms with van der Waals surface area (Å²) in [7, 11) is 0. The number of benzene rings is 1. The molecule has 0 heterocycles. The number of aromatic carboxylic acids is 1. The fraction of sp³-hybridized carbons (Fsp3) is 0.405. The molecule has 1 rings (SSSR count). The van der Waals surface area contributed by atoms with Gasteiger partial charge in [0.15, 0.2) is 11.6 Å². The van der Waals surface area contributed by atoms with Crippen molar-refractivity contribution in [1.29, 1.82) is 0 Å². The fourth-order valence-corrected chi connectivity index (χ4v) is 4.86. The van der Waals surface area contributed by atoms with Gasteiger partial charge in [0.2, 0.25) is 22.8 Å². The Balaban J connectivity index is 0.00000221. The predicted molar refractivity (Wildman–Crippen MR) is 190 cm³/mol. The van der Waals surface area contributed by atoms with Gasteiger partial charge in [-0.3, -0.25) is 19.2 Å². The Morgan fingerprint density at radius 2 is 1.06 bits per heavy atom. The maximum absolute atomic E-state index is 14.1. The zero-order valence-electron chi connectivity index (χ0n) is 30.1. The number of carboxylic acids is 1. The molecule has 0 amide bonds. The number of ketones is 4. The molecule has 8 N–H and O–H groups in total. The van der Waals surface area contributed by atoms with Gasteiger partial charge < -0.3 is 45.8 Å². The van der Waals surface area contributed by atoms with Gasteiger partial charge in [0.25, 0.3) is 0 Å². The van der Waals surface area contributed by atoms with E-state index in [4.69, 9.17) is 20.3 Å². The number of nitrogens with two attached hydrogens (primary N) is 1. The largest absolute Gasteiger partial charge is 0.478 e. The van der Waals surface area contributed by atoms with Gasteiger partial charge in [-0.25, -0.2) is 9.59 Å². The molecule has 0 saturated heterocycles. The van der Waals surface area contributed by atoms with Crippen LogP contribution in [-0.4, -0.2) is 117 Å². The van der Waals surface area contributed by atoms with E-state index >= 15 is 0 Å². The Morgan fingerprint density at radius 1 is 0.654 bits per heavy atom. The molecule has 0 aliphatic heterocycles. The van der Waals surface area contributed by atoms with E-state index in [-0.39, 0.29) is 11.1 Å². The van der Waals surface area contributed by atoms with Crippen molar-refractivity contribution in [2.24, 2.45) is 10.8 Å². The average molecular weight is 732 g/mol. The van der Waals surface area contributed by atoms with Crippen molar-refractivity contribution in [3.8, 4) is 0 Å². The highest BCUT2D eigenvalue weighted by Crippen LogP contribution is 2.50. The van der Waals surface area contributed by atoms with Crippen LogP contribution in [-0.2, 0) is 33.4 Å². The highest BCUT2D eigenvalue weighted by Gasteiger charge is 2.76. The lowest BCUT2D eigenvalue weighted by Crippen LogP contribution is -2.78. The van der Waals surface area contributed by atoms with E-state index in [0.29, 0.717) is 5.69 Å². The van der Waals surface area contributed by atoms with Gasteiger partial charge in [-0.15, -0.1) is 0 Å². The van der Waals surface area contributed by atoms with Crippen LogP contribution in [0.3, 0.4) is 0 Å². The molecule has 0 aliphatic carbocycles. The van der Waals surface area contributed by atoms with Gasteiger partial charge in [0.1, 0.15) is 5.41 Å². The van der Waals surface area contributed by atoms with Crippen LogP contribution in [0.2, 0.25) is 0 Å². The zero-order chi connectivity index (χ0) is 41.0. The molecule has 0 spiro atoms. The highest BCUT2D eigenvalue weighted by molar-refractivity contribution is 6.28. The van der Waals surface area contributed by atoms with Crippen molar-refractivity contribution in [2.75, 3.05) is 45.4 Å². The minimum atomic E-state index is -3.63. The van der Waals surface area contributed by atoms with Gasteiger partial charge in [-0.1, -0.05) is 45.0 Å². The second kappa shape index (κ2) is 19.1. The third-order valence-electron chi connectivity index (χ3n) is 8.03. The lowest BCUT2D eigenvalue weighted by Gasteiger charge is -2.53. The van der Waals surface area contributed by atoms with Crippen molar-refractivity contribution in [3.05, 3.63) is 90.6 Å². The number of hydrogen-bond donors (Lipinski definition) is 7. The van der Waals surface area contributed by atoms with E-state index in [0.717, 1.165) is 34.6 Å². The predicted octanol–water partition coefficient (Wildman–Crippen LogP) is 1.08. The van der Waals surface area contributed by atoms with E-state index in [1.54, 1.807) is 18.2 Å². The van der Waals surface area contributed by atoms with Crippen LogP contribution >= 0.6 is 0 Å². The Bertz CT molecular complexity index is 1570. The molecule has 1 aromatic carbocycles. The van der Waals surface area contributed by atoms with Crippen molar-refractivity contribution in [1.82, 2.24) is 0 Å².